The molecule has 3 rings (SSSR count). The van der Waals surface area contributed by atoms with E-state index in [0.717, 1.165) is 56.8 Å². The summed E-state index contributed by atoms with van der Waals surface area (Å²) in [6.45, 7) is 12.6. The number of hydrogen-bond donors (Lipinski definition) is 0. The fourth-order valence-electron chi connectivity index (χ4n) is 3.80. The molecule has 3 nitrogen and oxygen atoms in total. The van der Waals surface area contributed by atoms with Gasteiger partial charge in [-0.3, -0.25) is 4.90 Å². The standard InChI is InChI=1S/C27H36FN3/c1-5-6-15-31-26(18-29-27(31)24-8-7-9-25(28)17-24)20-30(16-14-21(2)3)19-23-12-10-22(4)11-13-23/h7-13,17-18,21H,5-6,14-16,19-20H2,1-4H3. The number of benzene rings is 2. The molecule has 166 valence electrons. The molecule has 0 N–H and O–H groups in total. The molecule has 0 saturated carbocycles. The number of aromatic nitrogens is 2. The van der Waals surface area contributed by atoms with Crippen LogP contribution < -0.4 is 0 Å². The zero-order chi connectivity index (χ0) is 22.2. The van der Waals surface area contributed by atoms with Crippen LogP contribution in [0.3, 0.4) is 0 Å². The van der Waals surface area contributed by atoms with Gasteiger partial charge in [-0.1, -0.05) is 69.2 Å². The fourth-order valence-corrected chi connectivity index (χ4v) is 3.80. The molecule has 0 radical (unpaired) electrons. The molecule has 0 aliphatic carbocycles. The second-order valence-electron chi connectivity index (χ2n) is 8.97. The minimum atomic E-state index is -0.220. The van der Waals surface area contributed by atoms with Crippen molar-refractivity contribution in [3.05, 3.63) is 77.4 Å². The summed E-state index contributed by atoms with van der Waals surface area (Å²) in [5.41, 5.74) is 4.66. The summed E-state index contributed by atoms with van der Waals surface area (Å²) >= 11 is 0. The van der Waals surface area contributed by atoms with Crippen LogP contribution in [0, 0.1) is 18.7 Å². The molecule has 0 aliphatic rings. The largest absolute Gasteiger partial charge is 0.327 e. The molecule has 1 heterocycles. The lowest BCUT2D eigenvalue weighted by Gasteiger charge is -2.24. The Kier molecular flexibility index (Phi) is 8.42. The normalized spacial score (nSPS) is 11.6. The van der Waals surface area contributed by atoms with Crippen molar-refractivity contribution in [2.75, 3.05) is 6.54 Å². The van der Waals surface area contributed by atoms with Gasteiger partial charge >= 0.3 is 0 Å². The van der Waals surface area contributed by atoms with Crippen molar-refractivity contribution >= 4 is 0 Å². The second kappa shape index (κ2) is 11.2. The van der Waals surface area contributed by atoms with E-state index in [1.165, 1.54) is 22.9 Å². The molecule has 4 heteroatoms. The van der Waals surface area contributed by atoms with Gasteiger partial charge in [0.25, 0.3) is 0 Å². The van der Waals surface area contributed by atoms with E-state index in [1.54, 1.807) is 12.1 Å². The van der Waals surface area contributed by atoms with Gasteiger partial charge in [-0.15, -0.1) is 0 Å². The van der Waals surface area contributed by atoms with Crippen molar-refractivity contribution in [3.8, 4) is 11.4 Å². The van der Waals surface area contributed by atoms with Gasteiger partial charge in [-0.25, -0.2) is 9.37 Å². The molecule has 0 fully saturated rings. The molecule has 0 spiro atoms. The third kappa shape index (κ3) is 6.76. The quantitative estimate of drug-likeness (QED) is 0.338. The van der Waals surface area contributed by atoms with Crippen LogP contribution in [0.4, 0.5) is 4.39 Å². The SMILES string of the molecule is CCCCn1c(CN(CCC(C)C)Cc2ccc(C)cc2)cnc1-c1cccc(F)c1. The molecule has 2 aromatic carbocycles. The van der Waals surface area contributed by atoms with E-state index >= 15 is 0 Å². The summed E-state index contributed by atoms with van der Waals surface area (Å²) in [7, 11) is 0. The minimum Gasteiger partial charge on any atom is -0.327 e. The molecule has 1 aromatic heterocycles. The van der Waals surface area contributed by atoms with E-state index in [-0.39, 0.29) is 5.82 Å². The first-order valence-electron chi connectivity index (χ1n) is 11.5. The average molecular weight is 422 g/mol. The van der Waals surface area contributed by atoms with E-state index in [4.69, 9.17) is 4.98 Å². The predicted octanol–water partition coefficient (Wildman–Crippen LogP) is 6.85. The Morgan fingerprint density at radius 2 is 1.84 bits per heavy atom. The molecule has 0 saturated heterocycles. The summed E-state index contributed by atoms with van der Waals surface area (Å²) in [4.78, 5) is 7.23. The van der Waals surface area contributed by atoms with Gasteiger partial charge in [0, 0.05) is 25.2 Å². The first kappa shape index (κ1) is 23.2. The molecular weight excluding hydrogens is 385 g/mol. The Bertz CT molecular complexity index is 943. The van der Waals surface area contributed by atoms with Crippen LogP contribution in [0.1, 0.15) is 56.9 Å². The summed E-state index contributed by atoms with van der Waals surface area (Å²) in [6.07, 6.45) is 5.33. The third-order valence-corrected chi connectivity index (χ3v) is 5.69. The average Bonchev–Trinajstić information content (AvgIpc) is 3.14. The van der Waals surface area contributed by atoms with Gasteiger partial charge in [0.15, 0.2) is 0 Å². The highest BCUT2D eigenvalue weighted by Gasteiger charge is 2.16. The number of rotatable bonds is 11. The predicted molar refractivity (Wildman–Crippen MR) is 127 cm³/mol. The molecular formula is C27H36FN3. The molecule has 0 atom stereocenters. The highest BCUT2D eigenvalue weighted by molar-refractivity contribution is 5.56. The maximum atomic E-state index is 13.9. The number of aryl methyl sites for hydroxylation is 1. The lowest BCUT2D eigenvalue weighted by molar-refractivity contribution is 0.235. The van der Waals surface area contributed by atoms with Crippen LogP contribution >= 0.6 is 0 Å². The Labute approximate surface area is 186 Å². The molecule has 3 aromatic rings. The van der Waals surface area contributed by atoms with Crippen LogP contribution in [0.15, 0.2) is 54.7 Å². The smallest absolute Gasteiger partial charge is 0.140 e. The van der Waals surface area contributed by atoms with E-state index in [0.29, 0.717) is 5.92 Å². The Balaban J connectivity index is 1.87. The monoisotopic (exact) mass is 421 g/mol. The first-order valence-corrected chi connectivity index (χ1v) is 11.5. The van der Waals surface area contributed by atoms with Crippen molar-refractivity contribution in [3.63, 3.8) is 0 Å². The van der Waals surface area contributed by atoms with Crippen LogP contribution in [-0.4, -0.2) is 21.0 Å². The van der Waals surface area contributed by atoms with Crippen molar-refractivity contribution in [2.45, 2.75) is 66.6 Å². The molecule has 31 heavy (non-hydrogen) atoms. The maximum Gasteiger partial charge on any atom is 0.140 e. The van der Waals surface area contributed by atoms with Gasteiger partial charge in [-0.05, 0) is 49.9 Å². The highest BCUT2D eigenvalue weighted by Crippen LogP contribution is 2.23. The zero-order valence-electron chi connectivity index (χ0n) is 19.4. The number of nitrogens with zero attached hydrogens (tertiary/aromatic N) is 3. The van der Waals surface area contributed by atoms with Crippen molar-refractivity contribution < 1.29 is 4.39 Å². The van der Waals surface area contributed by atoms with E-state index in [9.17, 15) is 4.39 Å². The number of halogens is 1. The summed E-state index contributed by atoms with van der Waals surface area (Å²) < 4.78 is 16.1. The van der Waals surface area contributed by atoms with E-state index < -0.39 is 0 Å². The van der Waals surface area contributed by atoms with Crippen molar-refractivity contribution in [1.29, 1.82) is 0 Å². The second-order valence-corrected chi connectivity index (χ2v) is 8.97. The van der Waals surface area contributed by atoms with Gasteiger partial charge < -0.3 is 4.57 Å². The molecule has 0 bridgehead atoms. The number of hydrogen-bond acceptors (Lipinski definition) is 2. The van der Waals surface area contributed by atoms with E-state index in [2.05, 4.69) is 61.4 Å². The Morgan fingerprint density at radius 3 is 2.52 bits per heavy atom. The molecule has 0 amide bonds. The third-order valence-electron chi connectivity index (χ3n) is 5.69. The minimum absolute atomic E-state index is 0.220. The number of unbranched alkanes of at least 4 members (excludes halogenated alkanes) is 1. The van der Waals surface area contributed by atoms with Crippen molar-refractivity contribution in [1.82, 2.24) is 14.5 Å². The highest BCUT2D eigenvalue weighted by atomic mass is 19.1. The van der Waals surface area contributed by atoms with Gasteiger partial charge in [0.05, 0.1) is 11.9 Å². The summed E-state index contributed by atoms with van der Waals surface area (Å²) in [5.74, 6) is 1.30. The van der Waals surface area contributed by atoms with Crippen LogP contribution in [0.25, 0.3) is 11.4 Å². The van der Waals surface area contributed by atoms with Crippen LogP contribution in [0.5, 0.6) is 0 Å². The fraction of sp³-hybridized carbons (Fsp3) is 0.444. The van der Waals surface area contributed by atoms with Crippen LogP contribution in [0.2, 0.25) is 0 Å². The summed E-state index contributed by atoms with van der Waals surface area (Å²) in [5, 5.41) is 0. The van der Waals surface area contributed by atoms with Gasteiger partial charge in [0.1, 0.15) is 11.6 Å². The lowest BCUT2D eigenvalue weighted by atomic mass is 10.1. The first-order chi connectivity index (χ1) is 15.0. The Morgan fingerprint density at radius 1 is 1.06 bits per heavy atom. The summed E-state index contributed by atoms with van der Waals surface area (Å²) in [6, 6.07) is 15.6. The number of imidazole rings is 1. The Hall–Kier alpha value is -2.46. The maximum absolute atomic E-state index is 13.9. The molecule has 0 unspecified atom stereocenters. The van der Waals surface area contributed by atoms with Gasteiger partial charge in [0.2, 0.25) is 0 Å². The van der Waals surface area contributed by atoms with Crippen molar-refractivity contribution in [2.24, 2.45) is 5.92 Å². The zero-order valence-corrected chi connectivity index (χ0v) is 19.4. The topological polar surface area (TPSA) is 21.1 Å². The lowest BCUT2D eigenvalue weighted by Crippen LogP contribution is -2.26. The van der Waals surface area contributed by atoms with Gasteiger partial charge in [-0.2, -0.15) is 0 Å². The molecule has 0 aliphatic heterocycles. The van der Waals surface area contributed by atoms with E-state index in [1.807, 2.05) is 12.3 Å². The van der Waals surface area contributed by atoms with Crippen LogP contribution in [-0.2, 0) is 19.6 Å².